The van der Waals surface area contributed by atoms with Crippen molar-refractivity contribution in [2.45, 2.75) is 53.0 Å². The maximum atomic E-state index is 13.9. The molecule has 4 aromatic rings. The molecule has 0 atom stereocenters. The molecule has 6 heteroatoms. The molecule has 6 nitrogen and oxygen atoms in total. The molecule has 0 bridgehead atoms. The highest BCUT2D eigenvalue weighted by molar-refractivity contribution is 5.95. The molecule has 42 heavy (non-hydrogen) atoms. The van der Waals surface area contributed by atoms with Gasteiger partial charge >= 0.3 is 0 Å². The number of carbonyl (C=O) groups is 2. The van der Waals surface area contributed by atoms with E-state index in [1.165, 1.54) is 0 Å². The highest BCUT2D eigenvalue weighted by Crippen LogP contribution is 2.20. The molecule has 0 heterocycles. The highest BCUT2D eigenvalue weighted by atomic mass is 16.5. The number of amides is 2. The van der Waals surface area contributed by atoms with Crippen molar-refractivity contribution in [2.75, 3.05) is 13.1 Å². The number of hydrogen-bond acceptors (Lipinski definition) is 4. The van der Waals surface area contributed by atoms with E-state index in [4.69, 9.17) is 9.47 Å². The van der Waals surface area contributed by atoms with Gasteiger partial charge in [-0.15, -0.1) is 0 Å². The Morgan fingerprint density at radius 3 is 1.29 bits per heavy atom. The third kappa shape index (κ3) is 8.96. The van der Waals surface area contributed by atoms with Crippen molar-refractivity contribution in [3.8, 4) is 11.5 Å². The van der Waals surface area contributed by atoms with Crippen molar-refractivity contribution in [1.29, 1.82) is 0 Å². The second kappa shape index (κ2) is 14.9. The number of rotatable bonds is 13. The lowest BCUT2D eigenvalue weighted by Crippen LogP contribution is -2.40. The Bertz CT molecular complexity index is 1330. The Hall–Kier alpha value is -4.58. The average molecular weight is 565 g/mol. The summed E-state index contributed by atoms with van der Waals surface area (Å²) in [5.41, 5.74) is 3.12. The minimum absolute atomic E-state index is 0.00206. The lowest BCUT2D eigenvalue weighted by atomic mass is 10.1. The van der Waals surface area contributed by atoms with Gasteiger partial charge in [0.25, 0.3) is 11.8 Å². The lowest BCUT2D eigenvalue weighted by Gasteiger charge is -2.29. The molecule has 0 aliphatic heterocycles. The van der Waals surface area contributed by atoms with Crippen LogP contribution in [0.1, 0.15) is 59.5 Å². The van der Waals surface area contributed by atoms with E-state index < -0.39 is 0 Å². The highest BCUT2D eigenvalue weighted by Gasteiger charge is 2.22. The standard InChI is InChI=1S/C36H40N2O4/c1-27(2)41-33-19-11-17-31(23-33)35(39)37(25-29-13-7-5-8-14-29)21-22-38(26-30-15-9-6-10-16-30)36(40)32-18-12-20-34(24-32)42-28(3)4/h5-20,23-24,27-28H,21-22,25-26H2,1-4H3. The average Bonchev–Trinajstić information content (AvgIpc) is 2.98. The van der Waals surface area contributed by atoms with Crippen LogP contribution in [0.15, 0.2) is 109 Å². The molecule has 4 rings (SSSR count). The SMILES string of the molecule is CC(C)Oc1cccc(C(=O)N(CCN(Cc2ccccc2)C(=O)c2cccc(OC(C)C)c2)Cc2ccccc2)c1. The molecule has 0 unspecified atom stereocenters. The van der Waals surface area contributed by atoms with Gasteiger partial charge < -0.3 is 19.3 Å². The van der Waals surface area contributed by atoms with E-state index >= 15 is 0 Å². The molecule has 0 radical (unpaired) electrons. The molecule has 0 spiro atoms. The van der Waals surface area contributed by atoms with E-state index in [2.05, 4.69) is 0 Å². The van der Waals surface area contributed by atoms with Crippen LogP contribution in [0.5, 0.6) is 11.5 Å². The van der Waals surface area contributed by atoms with Gasteiger partial charge in [-0.25, -0.2) is 0 Å². The second-order valence-corrected chi connectivity index (χ2v) is 10.8. The Morgan fingerprint density at radius 2 is 0.929 bits per heavy atom. The van der Waals surface area contributed by atoms with Gasteiger partial charge in [0.1, 0.15) is 11.5 Å². The molecule has 0 aliphatic carbocycles. The molecule has 0 fully saturated rings. The van der Waals surface area contributed by atoms with Crippen LogP contribution in [0.4, 0.5) is 0 Å². The molecule has 218 valence electrons. The summed E-state index contributed by atoms with van der Waals surface area (Å²) in [4.78, 5) is 31.4. The Morgan fingerprint density at radius 1 is 0.548 bits per heavy atom. The summed E-state index contributed by atoms with van der Waals surface area (Å²) in [6.07, 6.45) is -0.00413. The molecule has 2 amide bonds. The smallest absolute Gasteiger partial charge is 0.254 e. The minimum Gasteiger partial charge on any atom is -0.491 e. The first-order chi connectivity index (χ1) is 20.3. The van der Waals surface area contributed by atoms with E-state index in [9.17, 15) is 9.59 Å². The first-order valence-electron chi connectivity index (χ1n) is 14.5. The first kappa shape index (κ1) is 30.4. The van der Waals surface area contributed by atoms with Crippen LogP contribution in [0.3, 0.4) is 0 Å². The summed E-state index contributed by atoms with van der Waals surface area (Å²) < 4.78 is 11.7. The van der Waals surface area contributed by atoms with Crippen molar-refractivity contribution in [1.82, 2.24) is 9.80 Å². The van der Waals surface area contributed by atoms with Gasteiger partial charge in [-0.3, -0.25) is 9.59 Å². The number of carbonyl (C=O) groups excluding carboxylic acids is 2. The predicted octanol–water partition coefficient (Wildman–Crippen LogP) is 7.25. The van der Waals surface area contributed by atoms with Crippen LogP contribution in [-0.2, 0) is 13.1 Å². The van der Waals surface area contributed by atoms with Crippen LogP contribution in [-0.4, -0.2) is 46.9 Å². The summed E-state index contributed by atoms with van der Waals surface area (Å²) >= 11 is 0. The van der Waals surface area contributed by atoms with E-state index in [0.717, 1.165) is 11.1 Å². The molecule has 0 N–H and O–H groups in total. The van der Waals surface area contributed by atoms with Gasteiger partial charge in [0.05, 0.1) is 12.2 Å². The van der Waals surface area contributed by atoms with Gasteiger partial charge in [-0.05, 0) is 75.2 Å². The Labute approximate surface area is 249 Å². The molecular weight excluding hydrogens is 524 g/mol. The van der Waals surface area contributed by atoms with Gasteiger partial charge in [-0.2, -0.15) is 0 Å². The maximum Gasteiger partial charge on any atom is 0.254 e. The van der Waals surface area contributed by atoms with Gasteiger partial charge in [0.2, 0.25) is 0 Å². The van der Waals surface area contributed by atoms with E-state index in [1.54, 1.807) is 34.1 Å². The third-order valence-corrected chi connectivity index (χ3v) is 6.55. The monoisotopic (exact) mass is 564 g/mol. The van der Waals surface area contributed by atoms with Crippen molar-refractivity contribution >= 4 is 11.8 Å². The second-order valence-electron chi connectivity index (χ2n) is 10.8. The van der Waals surface area contributed by atoms with E-state index in [1.807, 2.05) is 113 Å². The molecular formula is C36H40N2O4. The van der Waals surface area contributed by atoms with Crippen LogP contribution < -0.4 is 9.47 Å². The lowest BCUT2D eigenvalue weighted by molar-refractivity contribution is 0.0644. The number of nitrogens with zero attached hydrogens (tertiary/aromatic N) is 2. The summed E-state index contributed by atoms with van der Waals surface area (Å²) in [6, 6.07) is 34.4. The van der Waals surface area contributed by atoms with Crippen LogP contribution >= 0.6 is 0 Å². The molecule has 0 aliphatic rings. The number of hydrogen-bond donors (Lipinski definition) is 0. The summed E-state index contributed by atoms with van der Waals surface area (Å²) in [7, 11) is 0. The quantitative estimate of drug-likeness (QED) is 0.172. The van der Waals surface area contributed by atoms with Crippen molar-refractivity contribution in [3.05, 3.63) is 131 Å². The Kier molecular flexibility index (Phi) is 10.8. The number of benzene rings is 4. The molecule has 0 saturated heterocycles. The van der Waals surface area contributed by atoms with Gasteiger partial charge in [0.15, 0.2) is 0 Å². The van der Waals surface area contributed by atoms with Crippen molar-refractivity contribution in [3.63, 3.8) is 0 Å². The van der Waals surface area contributed by atoms with Crippen LogP contribution in [0.25, 0.3) is 0 Å². The fourth-order valence-corrected chi connectivity index (χ4v) is 4.67. The Balaban J connectivity index is 1.61. The topological polar surface area (TPSA) is 59.1 Å². The van der Waals surface area contributed by atoms with Gasteiger partial charge in [0, 0.05) is 37.3 Å². The van der Waals surface area contributed by atoms with Crippen LogP contribution in [0, 0.1) is 0 Å². The summed E-state index contributed by atoms with van der Waals surface area (Å²) in [6.45, 7) is 9.37. The van der Waals surface area contributed by atoms with E-state index in [-0.39, 0.29) is 24.0 Å². The van der Waals surface area contributed by atoms with Gasteiger partial charge in [-0.1, -0.05) is 72.8 Å². The molecule has 0 aromatic heterocycles. The zero-order chi connectivity index (χ0) is 29.9. The van der Waals surface area contributed by atoms with Crippen molar-refractivity contribution < 1.29 is 19.1 Å². The van der Waals surface area contributed by atoms with Crippen molar-refractivity contribution in [2.24, 2.45) is 0 Å². The zero-order valence-corrected chi connectivity index (χ0v) is 24.9. The minimum atomic E-state index is -0.118. The predicted molar refractivity (Wildman–Crippen MR) is 167 cm³/mol. The fraction of sp³-hybridized carbons (Fsp3) is 0.278. The van der Waals surface area contributed by atoms with Crippen LogP contribution in [0.2, 0.25) is 0 Å². The largest absolute Gasteiger partial charge is 0.491 e. The molecule has 0 saturated carbocycles. The zero-order valence-electron chi connectivity index (χ0n) is 24.9. The maximum absolute atomic E-state index is 13.9. The van der Waals surface area contributed by atoms with E-state index in [0.29, 0.717) is 48.8 Å². The third-order valence-electron chi connectivity index (χ3n) is 6.55. The first-order valence-corrected chi connectivity index (χ1v) is 14.5. The normalized spacial score (nSPS) is 10.9. The molecule has 4 aromatic carbocycles. The number of ether oxygens (including phenoxy) is 2. The summed E-state index contributed by atoms with van der Waals surface area (Å²) in [5.74, 6) is 1.07. The summed E-state index contributed by atoms with van der Waals surface area (Å²) in [5, 5.41) is 0. The fourth-order valence-electron chi connectivity index (χ4n) is 4.67.